The van der Waals surface area contributed by atoms with E-state index in [1.807, 2.05) is 0 Å². The topological polar surface area (TPSA) is 0 Å². The summed E-state index contributed by atoms with van der Waals surface area (Å²) in [5, 5.41) is 0. The van der Waals surface area contributed by atoms with E-state index in [1.165, 1.54) is 116 Å². The first-order valence-corrected chi connectivity index (χ1v) is 58.5. The van der Waals surface area contributed by atoms with Crippen LogP contribution in [0.5, 0.6) is 0 Å². The van der Waals surface area contributed by atoms with Crippen LogP contribution >= 0.6 is 79.0 Å². The maximum atomic E-state index is 2.56. The van der Waals surface area contributed by atoms with Crippen LogP contribution in [0.15, 0.2) is 0 Å². The number of halogens is 4. The van der Waals surface area contributed by atoms with Gasteiger partial charge >= 0.3 is 75.0 Å². The van der Waals surface area contributed by atoms with Crippen LogP contribution in [-0.2, 0) is 0 Å². The average Bonchev–Trinajstić information content (AvgIpc) is 2.68. The second-order valence-corrected chi connectivity index (χ2v) is 180. The first-order valence-electron chi connectivity index (χ1n) is 12.8. The van der Waals surface area contributed by atoms with E-state index in [1.54, 1.807) is 18.5 Å². The molecule has 0 N–H and O–H groups in total. The Hall–Kier alpha value is 4.27. The molecule has 184 valence electrons. The zero-order valence-electron chi connectivity index (χ0n) is 20.3. The van der Waals surface area contributed by atoms with E-state index >= 15 is 0 Å². The van der Waals surface area contributed by atoms with Crippen LogP contribution in [0.25, 0.3) is 0 Å². The van der Waals surface area contributed by atoms with Gasteiger partial charge in [0.15, 0.2) is 0 Å². The molecule has 0 heterocycles. The van der Waals surface area contributed by atoms with Crippen molar-refractivity contribution in [1.82, 2.24) is 0 Å². The van der Waals surface area contributed by atoms with E-state index in [0.717, 1.165) is 0 Å². The van der Waals surface area contributed by atoms with Gasteiger partial charge in [0.2, 0.25) is 0 Å². The van der Waals surface area contributed by atoms with Gasteiger partial charge in [-0.3, -0.25) is 0 Å². The van der Waals surface area contributed by atoms with Crippen molar-refractivity contribution in [1.29, 1.82) is 0 Å². The van der Waals surface area contributed by atoms with Crippen molar-refractivity contribution in [2.45, 2.75) is 136 Å². The molecule has 6 heteroatoms. The summed E-state index contributed by atoms with van der Waals surface area (Å²) >= 11 is 10.2. The van der Waals surface area contributed by atoms with Crippen LogP contribution < -0.4 is 0 Å². The van der Waals surface area contributed by atoms with Gasteiger partial charge in [0.05, 0.1) is 0 Å². The Labute approximate surface area is 233 Å². The molecule has 0 aromatic heterocycles. The van der Waals surface area contributed by atoms with Crippen molar-refractivity contribution >= 4 is 83.0 Å². The van der Waals surface area contributed by atoms with Gasteiger partial charge in [0.1, 0.15) is 0 Å². The number of unbranched alkanes of at least 4 members (excludes halogenated alkanes) is 15. The molecule has 0 saturated heterocycles. The number of hydrogen-bond acceptors (Lipinski definition) is 0. The van der Waals surface area contributed by atoms with Crippen LogP contribution in [0.1, 0.15) is 136 Å². The second-order valence-electron chi connectivity index (χ2n) is 8.57. The summed E-state index contributed by atoms with van der Waals surface area (Å²) in [6.07, 6.45) is 31.2. The van der Waals surface area contributed by atoms with Crippen molar-refractivity contribution in [3.05, 3.63) is 0 Å². The number of hydrogen-bond donors (Lipinski definition) is 0. The van der Waals surface area contributed by atoms with Crippen LogP contribution in [-0.4, -0.2) is 22.5 Å². The zero-order chi connectivity index (χ0) is 22.9. The van der Waals surface area contributed by atoms with Crippen molar-refractivity contribution in [2.24, 2.45) is 0 Å². The molecule has 0 fully saturated rings. The Morgan fingerprint density at radius 1 is 0.400 bits per heavy atom. The molecule has 0 aliphatic carbocycles. The van der Waals surface area contributed by atoms with Gasteiger partial charge in [0.25, 0.3) is 0 Å². The van der Waals surface area contributed by atoms with Gasteiger partial charge in [-0.2, -0.15) is 0 Å². The molecule has 0 aromatic rings. The molecule has 30 heavy (non-hydrogen) atoms. The summed E-state index contributed by atoms with van der Waals surface area (Å²) < 4.78 is -1.40. The summed E-state index contributed by atoms with van der Waals surface area (Å²) in [4.78, 5) is 0. The van der Waals surface area contributed by atoms with Gasteiger partial charge in [-0.05, 0) is 37.7 Å². The predicted octanol–water partition coefficient (Wildman–Crippen LogP) is 12.7. The third-order valence-corrected chi connectivity index (χ3v) is 8.33. The molecule has 0 aliphatic heterocycles. The van der Waals surface area contributed by atoms with E-state index in [0.29, 0.717) is 7.92 Å². The van der Waals surface area contributed by atoms with Crippen LogP contribution in [0, 0.1) is 0 Å². The Kier molecular flexibility index (Phi) is 35.8. The second kappa shape index (κ2) is 29.5. The average molecular weight is 1090 g/mol. The van der Waals surface area contributed by atoms with Gasteiger partial charge in [-0.15, -0.1) is 7.92 Å². The first-order chi connectivity index (χ1) is 14.3. The fourth-order valence-corrected chi connectivity index (χ4v) is 6.37. The van der Waals surface area contributed by atoms with Gasteiger partial charge < -0.3 is 0 Å². The summed E-state index contributed by atoms with van der Waals surface area (Å²) in [6, 6.07) is 0. The third kappa shape index (κ3) is 39.5. The molecule has 0 spiro atoms. The molecule has 0 unspecified atom stereocenters. The van der Waals surface area contributed by atoms with Crippen molar-refractivity contribution in [3.63, 3.8) is 0 Å². The maximum absolute atomic E-state index is 2.56. The molecule has 0 saturated carbocycles. The van der Waals surface area contributed by atoms with Gasteiger partial charge in [-0.1, -0.05) is 117 Å². The predicted molar refractivity (Wildman–Crippen MR) is 183 cm³/mol. The number of rotatable bonds is 21. The fourth-order valence-electron chi connectivity index (χ4n) is 3.68. The molecule has 0 aromatic carbocycles. The summed E-state index contributed by atoms with van der Waals surface area (Å²) in [5.41, 5.74) is 0. The first kappa shape index (κ1) is 36.4. The zero-order valence-corrected chi connectivity index (χ0v) is 33.7. The van der Waals surface area contributed by atoms with Crippen LogP contribution in [0.4, 0.5) is 0 Å². The molecule has 0 atom stereocenters. The third-order valence-electron chi connectivity index (χ3n) is 5.48. The molecule has 0 nitrogen and oxygen atoms in total. The molecular weight excluding hydrogens is 1030 g/mol. The normalized spacial score (nSPS) is 11.6. The molecule has 0 rings (SSSR count). The molecular formula is C24H51I4PPb. The van der Waals surface area contributed by atoms with E-state index in [9.17, 15) is 0 Å². The van der Waals surface area contributed by atoms with Gasteiger partial charge in [0, 0.05) is 0 Å². The Morgan fingerprint density at radius 3 is 0.833 bits per heavy atom. The van der Waals surface area contributed by atoms with Gasteiger partial charge in [-0.25, -0.2) is 0 Å². The van der Waals surface area contributed by atoms with E-state index in [-0.39, 0.29) is 0 Å². The monoisotopic (exact) mass is 1090 g/mol. The SMILES string of the molecule is CCCCCCCCP(CCCCCCCC)CCCCCCCC.[I][Pb]([I])([I])[I]. The molecule has 0 aliphatic rings. The minimum atomic E-state index is -1.40. The van der Waals surface area contributed by atoms with Crippen molar-refractivity contribution in [3.8, 4) is 0 Å². The molecule has 0 radical (unpaired) electrons. The molecule has 0 bridgehead atoms. The Bertz CT molecular complexity index is 270. The molecule has 0 amide bonds. The van der Waals surface area contributed by atoms with Crippen LogP contribution in [0.2, 0.25) is 0 Å². The Balaban J connectivity index is 0. The van der Waals surface area contributed by atoms with E-state index in [2.05, 4.69) is 91.8 Å². The van der Waals surface area contributed by atoms with E-state index in [4.69, 9.17) is 0 Å². The summed E-state index contributed by atoms with van der Waals surface area (Å²) in [7, 11) is 0.366. The quantitative estimate of drug-likeness (QED) is 0.0465. The summed E-state index contributed by atoms with van der Waals surface area (Å²) in [6.45, 7) is 6.96. The van der Waals surface area contributed by atoms with E-state index < -0.39 is 4.00 Å². The van der Waals surface area contributed by atoms with Crippen molar-refractivity contribution < 1.29 is 0 Å². The van der Waals surface area contributed by atoms with Crippen molar-refractivity contribution in [2.75, 3.05) is 18.5 Å². The fraction of sp³-hybridized carbons (Fsp3) is 1.00. The summed E-state index contributed by atoms with van der Waals surface area (Å²) in [5.74, 6) is 0. The minimum absolute atomic E-state index is 0.366. The van der Waals surface area contributed by atoms with Crippen LogP contribution in [0.3, 0.4) is 0 Å². The standard InChI is InChI=1S/C24H51P.4HI.Pb/c1-4-7-10-13-16-19-22-25(23-20-17-14-11-8-5-2)24-21-18-15-12-9-6-3;;;;;/h4-24H2,1-3H3;4*1H;/q;;;;;+4/p-4. The Morgan fingerprint density at radius 2 is 0.600 bits per heavy atom.